The Morgan fingerprint density at radius 2 is 2.23 bits per heavy atom. The highest BCUT2D eigenvalue weighted by molar-refractivity contribution is 7.98. The molecule has 0 aliphatic rings. The van der Waals surface area contributed by atoms with Crippen molar-refractivity contribution in [3.63, 3.8) is 0 Å². The van der Waals surface area contributed by atoms with Gasteiger partial charge in [0, 0.05) is 0 Å². The maximum atomic E-state index is 13.0. The van der Waals surface area contributed by atoms with Gasteiger partial charge < -0.3 is 0 Å². The van der Waals surface area contributed by atoms with Gasteiger partial charge in [0.25, 0.3) is 0 Å². The predicted octanol–water partition coefficient (Wildman–Crippen LogP) is 3.43. The summed E-state index contributed by atoms with van der Waals surface area (Å²) in [5.74, 6) is -0.497. The molecule has 0 radical (unpaired) electrons. The molecule has 0 saturated carbocycles. The minimum Gasteiger partial charge on any atom is -0.282 e. The van der Waals surface area contributed by atoms with E-state index >= 15 is 0 Å². The Bertz CT molecular complexity index is 314. The van der Waals surface area contributed by atoms with E-state index in [2.05, 4.69) is 4.72 Å². The largest absolute Gasteiger partial charge is 0.323 e. The van der Waals surface area contributed by atoms with Crippen LogP contribution in [0.2, 0.25) is 5.02 Å². The summed E-state index contributed by atoms with van der Waals surface area (Å²) in [5, 5.41) is -0.542. The molecule has 0 unspecified atom stereocenters. The molecule has 1 amide bonds. The van der Waals surface area contributed by atoms with E-state index in [4.69, 9.17) is 23.2 Å². The third-order valence-electron chi connectivity index (χ3n) is 1.15. The van der Waals surface area contributed by atoms with Gasteiger partial charge in [0.15, 0.2) is 0 Å². The van der Waals surface area contributed by atoms with Crippen molar-refractivity contribution >= 4 is 40.5 Å². The number of carbonyl (C=O) groups is 1. The molecule has 70 valence electrons. The molecule has 0 heterocycles. The molecule has 1 aromatic carbocycles. The second kappa shape index (κ2) is 4.69. The normalized spacial score (nSPS) is 9.77. The summed E-state index contributed by atoms with van der Waals surface area (Å²) in [5.41, 5.74) is 0. The van der Waals surface area contributed by atoms with Crippen LogP contribution >= 0.6 is 35.1 Å². The monoisotopic (exact) mass is 239 g/mol. The zero-order chi connectivity index (χ0) is 9.84. The Hall–Kier alpha value is -0.450. The van der Waals surface area contributed by atoms with Gasteiger partial charge in [-0.2, -0.15) is 0 Å². The van der Waals surface area contributed by atoms with Gasteiger partial charge in [0.2, 0.25) is 0 Å². The molecule has 0 fully saturated rings. The fourth-order valence-electron chi connectivity index (χ4n) is 0.671. The summed E-state index contributed by atoms with van der Waals surface area (Å²) in [6, 6.07) is 4.24. The summed E-state index contributed by atoms with van der Waals surface area (Å²) in [7, 11) is 0. The highest BCUT2D eigenvalue weighted by Crippen LogP contribution is 2.27. The van der Waals surface area contributed by atoms with Crippen LogP contribution in [0.15, 0.2) is 23.1 Å². The minimum absolute atomic E-state index is 0.151. The second-order valence-electron chi connectivity index (χ2n) is 2.03. The molecular formula is C7H4Cl2FNOS. The van der Waals surface area contributed by atoms with E-state index < -0.39 is 11.2 Å². The number of hydrogen-bond donors (Lipinski definition) is 1. The molecule has 2 nitrogen and oxygen atoms in total. The molecule has 1 rings (SSSR count). The Morgan fingerprint density at radius 3 is 2.77 bits per heavy atom. The van der Waals surface area contributed by atoms with Crippen molar-refractivity contribution in [1.29, 1.82) is 0 Å². The molecule has 0 saturated heterocycles. The highest BCUT2D eigenvalue weighted by Gasteiger charge is 2.08. The molecule has 0 bridgehead atoms. The Morgan fingerprint density at radius 1 is 1.54 bits per heavy atom. The lowest BCUT2D eigenvalue weighted by atomic mass is 10.3. The van der Waals surface area contributed by atoms with Crippen LogP contribution in [0, 0.1) is 5.82 Å². The van der Waals surface area contributed by atoms with E-state index in [0.29, 0.717) is 0 Å². The third-order valence-corrected chi connectivity index (χ3v) is 2.69. The second-order valence-corrected chi connectivity index (χ2v) is 3.60. The number of benzene rings is 1. The number of nitrogens with one attached hydrogen (secondary N) is 1. The van der Waals surface area contributed by atoms with Crippen LogP contribution in [0.4, 0.5) is 9.18 Å². The van der Waals surface area contributed by atoms with Crippen LogP contribution in [0.25, 0.3) is 0 Å². The standard InChI is InChI=1S/C7H4Cl2FNOS/c8-4-2-1-3-5(10)6(4)13-11-7(9)12/h1-3H,(H,11,12). The van der Waals surface area contributed by atoms with Crippen molar-refractivity contribution in [2.24, 2.45) is 0 Å². The van der Waals surface area contributed by atoms with E-state index in [1.807, 2.05) is 0 Å². The lowest BCUT2D eigenvalue weighted by Crippen LogP contribution is -2.05. The molecule has 13 heavy (non-hydrogen) atoms. The van der Waals surface area contributed by atoms with E-state index in [-0.39, 0.29) is 9.92 Å². The fourth-order valence-corrected chi connectivity index (χ4v) is 1.58. The molecule has 0 aliphatic heterocycles. The van der Waals surface area contributed by atoms with E-state index in [0.717, 1.165) is 11.9 Å². The number of rotatable bonds is 2. The maximum absolute atomic E-state index is 13.0. The van der Waals surface area contributed by atoms with Gasteiger partial charge in [0.05, 0.1) is 9.92 Å². The molecular weight excluding hydrogens is 236 g/mol. The third kappa shape index (κ3) is 3.06. The van der Waals surface area contributed by atoms with Crippen LogP contribution < -0.4 is 4.72 Å². The van der Waals surface area contributed by atoms with Crippen molar-refractivity contribution in [3.8, 4) is 0 Å². The van der Waals surface area contributed by atoms with Gasteiger partial charge >= 0.3 is 5.37 Å². The molecule has 0 aliphatic carbocycles. The summed E-state index contributed by atoms with van der Waals surface area (Å²) in [6.45, 7) is 0. The molecule has 1 N–H and O–H groups in total. The van der Waals surface area contributed by atoms with Crippen molar-refractivity contribution in [2.45, 2.75) is 4.90 Å². The van der Waals surface area contributed by atoms with Crippen LogP contribution in [0.5, 0.6) is 0 Å². The summed E-state index contributed by atoms with van der Waals surface area (Å²) >= 11 is 11.4. The Labute approximate surface area is 88.5 Å². The van der Waals surface area contributed by atoms with Gasteiger partial charge in [0.1, 0.15) is 5.82 Å². The first-order chi connectivity index (χ1) is 6.11. The van der Waals surface area contributed by atoms with Crippen molar-refractivity contribution in [1.82, 2.24) is 4.72 Å². The van der Waals surface area contributed by atoms with Crippen LogP contribution in [0.3, 0.4) is 0 Å². The minimum atomic E-state index is -0.774. The van der Waals surface area contributed by atoms with Gasteiger partial charge in [-0.1, -0.05) is 17.7 Å². The lowest BCUT2D eigenvalue weighted by molar-refractivity contribution is 0.264. The maximum Gasteiger partial charge on any atom is 0.323 e. The number of amides is 1. The van der Waals surface area contributed by atoms with Crippen LogP contribution in [0.1, 0.15) is 0 Å². The molecule has 0 aromatic heterocycles. The van der Waals surface area contributed by atoms with Gasteiger partial charge in [-0.05, 0) is 35.7 Å². The summed E-state index contributed by atoms with van der Waals surface area (Å²) in [6.07, 6.45) is 0. The Balaban J connectivity index is 2.81. The van der Waals surface area contributed by atoms with E-state index in [1.54, 1.807) is 0 Å². The first kappa shape index (κ1) is 10.6. The SMILES string of the molecule is O=C(Cl)NSc1c(F)cccc1Cl. The smallest absolute Gasteiger partial charge is 0.282 e. The van der Waals surface area contributed by atoms with Crippen LogP contribution in [-0.2, 0) is 0 Å². The predicted molar refractivity (Wildman–Crippen MR) is 51.7 cm³/mol. The first-order valence-electron chi connectivity index (χ1n) is 3.17. The molecule has 0 spiro atoms. The fraction of sp³-hybridized carbons (Fsp3) is 0. The summed E-state index contributed by atoms with van der Waals surface area (Å²) < 4.78 is 15.2. The van der Waals surface area contributed by atoms with E-state index in [9.17, 15) is 9.18 Å². The van der Waals surface area contributed by atoms with Crippen molar-refractivity contribution in [3.05, 3.63) is 29.0 Å². The number of hydrogen-bond acceptors (Lipinski definition) is 2. The lowest BCUT2D eigenvalue weighted by Gasteiger charge is -2.03. The first-order valence-corrected chi connectivity index (χ1v) is 4.75. The quantitative estimate of drug-likeness (QED) is 0.487. The van der Waals surface area contributed by atoms with Crippen LogP contribution in [-0.4, -0.2) is 5.37 Å². The van der Waals surface area contributed by atoms with Crippen molar-refractivity contribution in [2.75, 3.05) is 0 Å². The number of halogens is 3. The highest BCUT2D eigenvalue weighted by atomic mass is 35.5. The topological polar surface area (TPSA) is 29.1 Å². The van der Waals surface area contributed by atoms with Gasteiger partial charge in [-0.15, -0.1) is 0 Å². The summed E-state index contributed by atoms with van der Waals surface area (Å²) in [4.78, 5) is 10.5. The average molecular weight is 240 g/mol. The van der Waals surface area contributed by atoms with E-state index in [1.165, 1.54) is 18.2 Å². The van der Waals surface area contributed by atoms with Gasteiger partial charge in [-0.25, -0.2) is 4.39 Å². The molecule has 1 aromatic rings. The molecule has 6 heteroatoms. The zero-order valence-electron chi connectivity index (χ0n) is 6.18. The average Bonchev–Trinajstić information content (AvgIpc) is 2.03. The van der Waals surface area contributed by atoms with Gasteiger partial charge in [-0.3, -0.25) is 9.52 Å². The van der Waals surface area contributed by atoms with Crippen molar-refractivity contribution < 1.29 is 9.18 Å². The Kier molecular flexibility index (Phi) is 3.84. The molecule has 0 atom stereocenters. The number of carbonyl (C=O) groups excluding carboxylic acids is 1. The zero-order valence-corrected chi connectivity index (χ0v) is 8.51.